The van der Waals surface area contributed by atoms with Crippen molar-refractivity contribution >= 4 is 11.6 Å². The molecule has 0 amide bonds. The average Bonchev–Trinajstić information content (AvgIpc) is 2.52. The van der Waals surface area contributed by atoms with Crippen LogP contribution in [-0.4, -0.2) is 26.9 Å². The lowest BCUT2D eigenvalue weighted by molar-refractivity contribution is 0.0604. The van der Waals surface area contributed by atoms with Gasteiger partial charge in [-0.2, -0.15) is 0 Å². The number of rotatable bonds is 7. The number of hydrogen-bond donors (Lipinski definition) is 1. The van der Waals surface area contributed by atoms with Gasteiger partial charge in [0, 0.05) is 29.8 Å². The topological polar surface area (TPSA) is 30.5 Å². The molecule has 0 radical (unpaired) electrons. The molecule has 1 heterocycles. The summed E-state index contributed by atoms with van der Waals surface area (Å²) in [7, 11) is 1.71. The molecule has 0 saturated carbocycles. The second-order valence-electron chi connectivity index (χ2n) is 5.68. The van der Waals surface area contributed by atoms with E-state index in [2.05, 4.69) is 18.3 Å². The van der Waals surface area contributed by atoms with Crippen molar-refractivity contribution in [2.45, 2.75) is 38.6 Å². The summed E-state index contributed by atoms with van der Waals surface area (Å²) in [6.07, 6.45) is 4.56. The van der Waals surface area contributed by atoms with Gasteiger partial charge in [-0.1, -0.05) is 24.6 Å². The van der Waals surface area contributed by atoms with Crippen molar-refractivity contribution in [1.29, 1.82) is 0 Å². The third-order valence-electron chi connectivity index (χ3n) is 4.12. The zero-order valence-corrected chi connectivity index (χ0v) is 13.8. The summed E-state index contributed by atoms with van der Waals surface area (Å²) in [6, 6.07) is 6.26. The summed E-state index contributed by atoms with van der Waals surface area (Å²) in [4.78, 5) is 0. The highest BCUT2D eigenvalue weighted by atomic mass is 35.5. The first-order valence-corrected chi connectivity index (χ1v) is 8.27. The Morgan fingerprint density at radius 3 is 2.81 bits per heavy atom. The van der Waals surface area contributed by atoms with Gasteiger partial charge in [-0.3, -0.25) is 0 Å². The summed E-state index contributed by atoms with van der Waals surface area (Å²) < 4.78 is 11.0. The van der Waals surface area contributed by atoms with Crippen molar-refractivity contribution in [3.63, 3.8) is 0 Å². The van der Waals surface area contributed by atoms with Crippen LogP contribution in [0.2, 0.25) is 5.02 Å². The molecule has 1 aromatic rings. The fourth-order valence-corrected chi connectivity index (χ4v) is 3.09. The number of hydrogen-bond acceptors (Lipinski definition) is 3. The first-order chi connectivity index (χ1) is 10.2. The van der Waals surface area contributed by atoms with E-state index in [0.717, 1.165) is 56.2 Å². The van der Waals surface area contributed by atoms with Gasteiger partial charge in [0.2, 0.25) is 0 Å². The molecule has 1 N–H and O–H groups in total. The van der Waals surface area contributed by atoms with Gasteiger partial charge >= 0.3 is 0 Å². The summed E-state index contributed by atoms with van der Waals surface area (Å²) in [6.45, 7) is 4.99. The van der Waals surface area contributed by atoms with E-state index in [9.17, 15) is 0 Å². The predicted octanol–water partition coefficient (Wildman–Crippen LogP) is 4.21. The first-order valence-electron chi connectivity index (χ1n) is 7.89. The van der Waals surface area contributed by atoms with Crippen LogP contribution in [0.1, 0.15) is 44.2 Å². The lowest BCUT2D eigenvalue weighted by Gasteiger charge is -2.28. The molecule has 1 fully saturated rings. The van der Waals surface area contributed by atoms with Crippen LogP contribution in [-0.2, 0) is 4.74 Å². The lowest BCUT2D eigenvalue weighted by atomic mass is 9.89. The van der Waals surface area contributed by atoms with Crippen LogP contribution < -0.4 is 10.1 Å². The second kappa shape index (κ2) is 8.62. The van der Waals surface area contributed by atoms with Crippen LogP contribution in [0.4, 0.5) is 0 Å². The molecule has 0 spiro atoms. The summed E-state index contributed by atoms with van der Waals surface area (Å²) in [5.74, 6) is 1.59. The molecule has 1 saturated heterocycles. The van der Waals surface area contributed by atoms with E-state index >= 15 is 0 Å². The van der Waals surface area contributed by atoms with Crippen molar-refractivity contribution in [2.24, 2.45) is 5.92 Å². The van der Waals surface area contributed by atoms with E-state index in [0.29, 0.717) is 12.0 Å². The second-order valence-corrected chi connectivity index (χ2v) is 6.12. The number of halogens is 1. The average molecular weight is 312 g/mol. The number of benzene rings is 1. The summed E-state index contributed by atoms with van der Waals surface area (Å²) >= 11 is 6.08. The molecule has 0 aromatic heterocycles. The van der Waals surface area contributed by atoms with Crippen LogP contribution in [0.25, 0.3) is 0 Å². The van der Waals surface area contributed by atoms with Crippen LogP contribution in [0.15, 0.2) is 18.2 Å². The Hall–Kier alpha value is -0.770. The van der Waals surface area contributed by atoms with Crippen molar-refractivity contribution in [3.8, 4) is 5.75 Å². The maximum absolute atomic E-state index is 6.08. The van der Waals surface area contributed by atoms with E-state index < -0.39 is 0 Å². The molecule has 21 heavy (non-hydrogen) atoms. The number of methoxy groups -OCH3 is 1. The third-order valence-corrected chi connectivity index (χ3v) is 4.36. The first kappa shape index (κ1) is 16.6. The van der Waals surface area contributed by atoms with Gasteiger partial charge in [0.15, 0.2) is 0 Å². The van der Waals surface area contributed by atoms with Crippen LogP contribution in [0.3, 0.4) is 0 Å². The van der Waals surface area contributed by atoms with Gasteiger partial charge in [0.25, 0.3) is 0 Å². The van der Waals surface area contributed by atoms with Crippen molar-refractivity contribution < 1.29 is 9.47 Å². The standard InChI is InChI=1S/C17H26ClNO2/c1-3-8-19-16(11-13-6-9-21-10-7-13)15-5-4-14(18)12-17(15)20-2/h4-5,12-13,16,19H,3,6-11H2,1-2H3. The van der Waals surface area contributed by atoms with Gasteiger partial charge < -0.3 is 14.8 Å². The molecule has 0 aliphatic carbocycles. The monoisotopic (exact) mass is 311 g/mol. The molecule has 1 aliphatic rings. The quantitative estimate of drug-likeness (QED) is 0.818. The molecule has 118 valence electrons. The van der Waals surface area contributed by atoms with Crippen LogP contribution in [0.5, 0.6) is 5.75 Å². The van der Waals surface area contributed by atoms with Gasteiger partial charge in [-0.05, 0) is 50.3 Å². The van der Waals surface area contributed by atoms with Gasteiger partial charge in [0.1, 0.15) is 5.75 Å². The molecule has 0 bridgehead atoms. The Balaban J connectivity index is 2.13. The number of nitrogens with one attached hydrogen (secondary N) is 1. The minimum Gasteiger partial charge on any atom is -0.496 e. The highest BCUT2D eigenvalue weighted by Crippen LogP contribution is 2.34. The molecule has 1 aliphatic heterocycles. The van der Waals surface area contributed by atoms with Crippen molar-refractivity contribution in [2.75, 3.05) is 26.9 Å². The number of ether oxygens (including phenoxy) is 2. The molecule has 2 rings (SSSR count). The zero-order chi connectivity index (χ0) is 15.1. The molecular formula is C17H26ClNO2. The molecule has 1 atom stereocenters. The van der Waals surface area contributed by atoms with Crippen molar-refractivity contribution in [1.82, 2.24) is 5.32 Å². The highest BCUT2D eigenvalue weighted by Gasteiger charge is 2.22. The van der Waals surface area contributed by atoms with E-state index in [-0.39, 0.29) is 0 Å². The van der Waals surface area contributed by atoms with Gasteiger partial charge in [0.05, 0.1) is 7.11 Å². The Morgan fingerprint density at radius 2 is 2.14 bits per heavy atom. The predicted molar refractivity (Wildman–Crippen MR) is 87.2 cm³/mol. The Kier molecular flexibility index (Phi) is 6.81. The van der Waals surface area contributed by atoms with Crippen molar-refractivity contribution in [3.05, 3.63) is 28.8 Å². The zero-order valence-electron chi connectivity index (χ0n) is 13.0. The third kappa shape index (κ3) is 4.87. The minimum absolute atomic E-state index is 0.320. The lowest BCUT2D eigenvalue weighted by Crippen LogP contribution is -2.27. The summed E-state index contributed by atoms with van der Waals surface area (Å²) in [5, 5.41) is 4.38. The normalized spacial score (nSPS) is 17.7. The van der Waals surface area contributed by atoms with Gasteiger partial charge in [-0.25, -0.2) is 0 Å². The Bertz CT molecular complexity index is 433. The van der Waals surface area contributed by atoms with Crippen LogP contribution in [0, 0.1) is 5.92 Å². The highest BCUT2D eigenvalue weighted by molar-refractivity contribution is 6.30. The molecule has 4 heteroatoms. The van der Waals surface area contributed by atoms with Crippen LogP contribution >= 0.6 is 11.6 Å². The molecule has 1 aromatic carbocycles. The molecular weight excluding hydrogens is 286 g/mol. The Labute approximate surface area is 133 Å². The largest absolute Gasteiger partial charge is 0.496 e. The minimum atomic E-state index is 0.320. The Morgan fingerprint density at radius 1 is 1.38 bits per heavy atom. The van der Waals surface area contributed by atoms with Gasteiger partial charge in [-0.15, -0.1) is 0 Å². The molecule has 3 nitrogen and oxygen atoms in total. The summed E-state index contributed by atoms with van der Waals surface area (Å²) in [5.41, 5.74) is 1.21. The fourth-order valence-electron chi connectivity index (χ4n) is 2.93. The van der Waals surface area contributed by atoms with E-state index in [4.69, 9.17) is 21.1 Å². The maximum Gasteiger partial charge on any atom is 0.125 e. The van der Waals surface area contributed by atoms with E-state index in [1.807, 2.05) is 12.1 Å². The molecule has 1 unspecified atom stereocenters. The van der Waals surface area contributed by atoms with E-state index in [1.165, 1.54) is 5.56 Å². The maximum atomic E-state index is 6.08. The van der Waals surface area contributed by atoms with E-state index in [1.54, 1.807) is 7.11 Å². The smallest absolute Gasteiger partial charge is 0.125 e. The fraction of sp³-hybridized carbons (Fsp3) is 0.647. The SMILES string of the molecule is CCCNC(CC1CCOCC1)c1ccc(Cl)cc1OC.